The zero-order valence-corrected chi connectivity index (χ0v) is 6.66. The Balaban J connectivity index is 3.37. The molecule has 1 rings (SSSR count). The number of aromatic amines is 1. The molecule has 4 heteroatoms. The van der Waals surface area contributed by atoms with Crippen LogP contribution in [0.4, 0.5) is 0 Å². The van der Waals surface area contributed by atoms with Crippen molar-refractivity contribution in [2.24, 2.45) is 0 Å². The lowest BCUT2D eigenvalue weighted by molar-refractivity contribution is 0.0933. The molecular formula is C6H8N2OS. The van der Waals surface area contributed by atoms with Crippen molar-refractivity contribution >= 4 is 18.1 Å². The molecule has 0 fully saturated rings. The standard InChI is InChI=1S/C6H8N2OS/c1-4-3-7-6(10)8(4)5(2)9/h3H,1-2H3,(H,7,10). The first-order valence-corrected chi connectivity index (χ1v) is 3.31. The number of nitrogens with one attached hydrogen (secondary N) is 1. The fourth-order valence-electron chi connectivity index (χ4n) is 0.847. The molecule has 54 valence electrons. The Kier molecular flexibility index (Phi) is 1.72. The fraction of sp³-hybridized carbons (Fsp3) is 0.333. The fourth-order valence-corrected chi connectivity index (χ4v) is 1.18. The number of carbonyl (C=O) groups excluding carboxylic acids is 1. The van der Waals surface area contributed by atoms with E-state index in [2.05, 4.69) is 4.98 Å². The Labute approximate surface area is 63.7 Å². The maximum absolute atomic E-state index is 10.8. The number of aromatic nitrogens is 2. The summed E-state index contributed by atoms with van der Waals surface area (Å²) in [4.78, 5) is 13.6. The number of nitrogens with zero attached hydrogens (tertiary/aromatic N) is 1. The highest BCUT2D eigenvalue weighted by atomic mass is 32.1. The SMILES string of the molecule is CC(=O)n1c(C)c[nH]c1=S. The average molecular weight is 156 g/mol. The molecule has 0 bridgehead atoms. The van der Waals surface area contributed by atoms with Crippen LogP contribution in [0.15, 0.2) is 6.20 Å². The third-order valence-corrected chi connectivity index (χ3v) is 1.58. The Hall–Kier alpha value is -0.900. The maximum atomic E-state index is 10.8. The molecule has 1 aromatic rings. The second-order valence-electron chi connectivity index (χ2n) is 2.09. The summed E-state index contributed by atoms with van der Waals surface area (Å²) in [5.74, 6) is -0.0521. The number of imidazole rings is 1. The van der Waals surface area contributed by atoms with E-state index in [1.807, 2.05) is 6.92 Å². The van der Waals surface area contributed by atoms with Gasteiger partial charge in [0.1, 0.15) is 0 Å². The Morgan fingerprint density at radius 1 is 1.80 bits per heavy atom. The van der Waals surface area contributed by atoms with Crippen molar-refractivity contribution in [3.8, 4) is 0 Å². The average Bonchev–Trinajstić information content (AvgIpc) is 2.11. The summed E-state index contributed by atoms with van der Waals surface area (Å²) in [6.45, 7) is 3.31. The summed E-state index contributed by atoms with van der Waals surface area (Å²) in [5.41, 5.74) is 0.845. The summed E-state index contributed by atoms with van der Waals surface area (Å²) >= 11 is 4.84. The molecule has 0 unspecified atom stereocenters. The molecule has 0 aliphatic rings. The smallest absolute Gasteiger partial charge is 0.229 e. The molecule has 0 saturated carbocycles. The molecule has 0 aliphatic heterocycles. The maximum Gasteiger partial charge on any atom is 0.229 e. The molecule has 3 nitrogen and oxygen atoms in total. The summed E-state index contributed by atoms with van der Waals surface area (Å²) in [7, 11) is 0. The molecule has 0 spiro atoms. The lowest BCUT2D eigenvalue weighted by Crippen LogP contribution is -2.06. The lowest BCUT2D eigenvalue weighted by Gasteiger charge is -1.95. The molecule has 0 aliphatic carbocycles. The summed E-state index contributed by atoms with van der Waals surface area (Å²) in [6, 6.07) is 0. The van der Waals surface area contributed by atoms with Crippen LogP contribution in [0.1, 0.15) is 17.4 Å². The van der Waals surface area contributed by atoms with E-state index < -0.39 is 0 Å². The van der Waals surface area contributed by atoms with Gasteiger partial charge in [-0.25, -0.2) is 0 Å². The van der Waals surface area contributed by atoms with Crippen molar-refractivity contribution < 1.29 is 4.79 Å². The van der Waals surface area contributed by atoms with E-state index in [1.54, 1.807) is 6.20 Å². The van der Waals surface area contributed by atoms with Crippen molar-refractivity contribution in [1.82, 2.24) is 9.55 Å². The van der Waals surface area contributed by atoms with Gasteiger partial charge in [0.2, 0.25) is 5.91 Å². The van der Waals surface area contributed by atoms with Crippen LogP contribution in [0.3, 0.4) is 0 Å². The first kappa shape index (κ1) is 7.21. The van der Waals surface area contributed by atoms with Gasteiger partial charge in [-0.3, -0.25) is 9.36 Å². The van der Waals surface area contributed by atoms with Crippen molar-refractivity contribution in [1.29, 1.82) is 0 Å². The highest BCUT2D eigenvalue weighted by Crippen LogP contribution is 1.97. The van der Waals surface area contributed by atoms with Crippen molar-refractivity contribution in [3.63, 3.8) is 0 Å². The normalized spacial score (nSPS) is 9.80. The van der Waals surface area contributed by atoms with E-state index in [4.69, 9.17) is 12.2 Å². The van der Waals surface area contributed by atoms with Gasteiger partial charge in [0.05, 0.1) is 0 Å². The number of hydrogen-bond donors (Lipinski definition) is 1. The van der Waals surface area contributed by atoms with Crippen molar-refractivity contribution in [2.45, 2.75) is 13.8 Å². The largest absolute Gasteiger partial charge is 0.337 e. The molecule has 0 radical (unpaired) electrons. The Morgan fingerprint density at radius 2 is 2.40 bits per heavy atom. The van der Waals surface area contributed by atoms with Crippen molar-refractivity contribution in [3.05, 3.63) is 16.7 Å². The van der Waals surface area contributed by atoms with Gasteiger partial charge in [-0.15, -0.1) is 0 Å². The van der Waals surface area contributed by atoms with Gasteiger partial charge in [0.25, 0.3) is 0 Å². The topological polar surface area (TPSA) is 37.8 Å². The third-order valence-electron chi connectivity index (χ3n) is 1.28. The zero-order chi connectivity index (χ0) is 7.72. The van der Waals surface area contributed by atoms with Crippen LogP contribution in [0.2, 0.25) is 0 Å². The molecule has 0 aromatic carbocycles. The molecular weight excluding hydrogens is 148 g/mol. The second-order valence-corrected chi connectivity index (χ2v) is 2.48. The van der Waals surface area contributed by atoms with E-state index in [1.165, 1.54) is 11.5 Å². The van der Waals surface area contributed by atoms with Crippen LogP contribution in [0, 0.1) is 11.7 Å². The van der Waals surface area contributed by atoms with E-state index >= 15 is 0 Å². The second kappa shape index (κ2) is 2.38. The van der Waals surface area contributed by atoms with Gasteiger partial charge in [-0.2, -0.15) is 0 Å². The van der Waals surface area contributed by atoms with Crippen LogP contribution in [-0.2, 0) is 0 Å². The van der Waals surface area contributed by atoms with E-state index in [0.717, 1.165) is 5.69 Å². The minimum atomic E-state index is -0.0521. The Morgan fingerprint density at radius 3 is 2.60 bits per heavy atom. The van der Waals surface area contributed by atoms with Gasteiger partial charge in [-0.1, -0.05) is 0 Å². The van der Waals surface area contributed by atoms with Gasteiger partial charge >= 0.3 is 0 Å². The lowest BCUT2D eigenvalue weighted by atomic mass is 10.5. The van der Waals surface area contributed by atoms with Crippen LogP contribution >= 0.6 is 12.2 Å². The van der Waals surface area contributed by atoms with Crippen molar-refractivity contribution in [2.75, 3.05) is 0 Å². The summed E-state index contributed by atoms with van der Waals surface area (Å²) in [6.07, 6.45) is 1.71. The minimum absolute atomic E-state index is 0.0521. The highest BCUT2D eigenvalue weighted by Gasteiger charge is 2.01. The van der Waals surface area contributed by atoms with Gasteiger partial charge < -0.3 is 4.98 Å². The monoisotopic (exact) mass is 156 g/mol. The van der Waals surface area contributed by atoms with Gasteiger partial charge in [-0.05, 0) is 19.1 Å². The van der Waals surface area contributed by atoms with Gasteiger partial charge in [0, 0.05) is 18.8 Å². The quantitative estimate of drug-likeness (QED) is 0.578. The number of aryl methyl sites for hydroxylation is 1. The van der Waals surface area contributed by atoms with Crippen LogP contribution in [0.25, 0.3) is 0 Å². The summed E-state index contributed by atoms with van der Waals surface area (Å²) in [5, 5.41) is 0. The minimum Gasteiger partial charge on any atom is -0.337 e. The predicted molar refractivity (Wildman–Crippen MR) is 40.7 cm³/mol. The van der Waals surface area contributed by atoms with E-state index in [-0.39, 0.29) is 5.91 Å². The van der Waals surface area contributed by atoms with Crippen LogP contribution in [0.5, 0.6) is 0 Å². The number of rotatable bonds is 0. The molecule has 1 N–H and O–H groups in total. The van der Waals surface area contributed by atoms with Crippen LogP contribution in [-0.4, -0.2) is 15.5 Å². The molecule has 1 heterocycles. The zero-order valence-electron chi connectivity index (χ0n) is 5.84. The molecule has 0 atom stereocenters. The Bertz CT molecular complexity index is 310. The van der Waals surface area contributed by atoms with E-state index in [0.29, 0.717) is 4.77 Å². The summed E-state index contributed by atoms with van der Waals surface area (Å²) < 4.78 is 1.92. The number of carbonyl (C=O) groups is 1. The van der Waals surface area contributed by atoms with E-state index in [9.17, 15) is 4.79 Å². The molecule has 0 saturated heterocycles. The highest BCUT2D eigenvalue weighted by molar-refractivity contribution is 7.71. The first-order valence-electron chi connectivity index (χ1n) is 2.91. The molecule has 10 heavy (non-hydrogen) atoms. The third kappa shape index (κ3) is 1.02. The number of hydrogen-bond acceptors (Lipinski definition) is 2. The van der Waals surface area contributed by atoms with Crippen LogP contribution < -0.4 is 0 Å². The first-order chi connectivity index (χ1) is 4.63. The van der Waals surface area contributed by atoms with Gasteiger partial charge in [0.15, 0.2) is 4.77 Å². The molecule has 1 aromatic heterocycles. The molecule has 0 amide bonds. The predicted octanol–water partition coefficient (Wildman–Crippen LogP) is 1.51. The number of H-pyrrole nitrogens is 1.